The maximum absolute atomic E-state index is 11.7. The largest absolute Gasteiger partial charge is 0.350 e. The van der Waals surface area contributed by atoms with Gasteiger partial charge in [-0.1, -0.05) is 19.3 Å². The monoisotopic (exact) mass is 313 g/mol. The molecule has 0 saturated heterocycles. The third kappa shape index (κ3) is 4.28. The molecule has 1 aromatic heterocycles. The summed E-state index contributed by atoms with van der Waals surface area (Å²) in [5.74, 6) is 0.0291. The van der Waals surface area contributed by atoms with Gasteiger partial charge in [0.2, 0.25) is 5.91 Å². The number of carbonyl (C=O) groups is 1. The topological polar surface area (TPSA) is 29.1 Å². The molecule has 0 aliphatic heterocycles. The van der Waals surface area contributed by atoms with E-state index in [2.05, 4.69) is 21.2 Å². The van der Waals surface area contributed by atoms with Gasteiger partial charge in [-0.15, -0.1) is 11.3 Å². The molecule has 0 radical (unpaired) electrons. The van der Waals surface area contributed by atoms with Crippen molar-refractivity contribution in [3.8, 4) is 0 Å². The molecular weight excluding hydrogens is 298 g/mol. The van der Waals surface area contributed by atoms with E-state index in [0.29, 0.717) is 6.04 Å². The van der Waals surface area contributed by atoms with E-state index in [1.165, 1.54) is 19.3 Å². The molecule has 17 heavy (non-hydrogen) atoms. The first-order valence-corrected chi connectivity index (χ1v) is 7.59. The Bertz CT molecular complexity index is 407. The number of rotatable bonds is 3. The molecule has 1 aliphatic carbocycles. The molecule has 0 bridgehead atoms. The predicted molar refractivity (Wildman–Crippen MR) is 76.1 cm³/mol. The van der Waals surface area contributed by atoms with Gasteiger partial charge < -0.3 is 5.32 Å². The Morgan fingerprint density at radius 3 is 2.76 bits per heavy atom. The summed E-state index contributed by atoms with van der Waals surface area (Å²) in [5.41, 5.74) is 0. The van der Waals surface area contributed by atoms with Gasteiger partial charge >= 0.3 is 0 Å². The molecule has 2 nitrogen and oxygen atoms in total. The van der Waals surface area contributed by atoms with E-state index in [-0.39, 0.29) is 5.91 Å². The van der Waals surface area contributed by atoms with Crippen LogP contribution in [-0.2, 0) is 4.79 Å². The van der Waals surface area contributed by atoms with Crippen LogP contribution in [0.15, 0.2) is 22.0 Å². The smallest absolute Gasteiger partial charge is 0.244 e. The summed E-state index contributed by atoms with van der Waals surface area (Å²) < 4.78 is 1.09. The van der Waals surface area contributed by atoms with Crippen molar-refractivity contribution < 1.29 is 4.79 Å². The lowest BCUT2D eigenvalue weighted by Gasteiger charge is -2.21. The van der Waals surface area contributed by atoms with E-state index in [1.807, 2.05) is 18.2 Å². The van der Waals surface area contributed by atoms with E-state index >= 15 is 0 Å². The second kappa shape index (κ2) is 6.36. The van der Waals surface area contributed by atoms with Gasteiger partial charge in [0.05, 0.1) is 3.79 Å². The van der Waals surface area contributed by atoms with Crippen LogP contribution in [0.3, 0.4) is 0 Å². The lowest BCUT2D eigenvalue weighted by Crippen LogP contribution is -2.34. The third-order valence-corrected chi connectivity index (χ3v) is 4.53. The van der Waals surface area contributed by atoms with Crippen molar-refractivity contribution in [2.45, 2.75) is 38.1 Å². The summed E-state index contributed by atoms with van der Waals surface area (Å²) in [5, 5.41) is 3.06. The first-order valence-electron chi connectivity index (χ1n) is 5.98. The number of hydrogen-bond donors (Lipinski definition) is 1. The summed E-state index contributed by atoms with van der Waals surface area (Å²) >= 11 is 5.03. The zero-order chi connectivity index (χ0) is 12.1. The summed E-state index contributed by atoms with van der Waals surface area (Å²) in [6.07, 6.45) is 9.55. The number of nitrogens with one attached hydrogen (secondary N) is 1. The van der Waals surface area contributed by atoms with Crippen LogP contribution in [0.5, 0.6) is 0 Å². The average Bonchev–Trinajstić information content (AvgIpc) is 2.74. The van der Waals surface area contributed by atoms with Gasteiger partial charge in [0.15, 0.2) is 0 Å². The fourth-order valence-electron chi connectivity index (χ4n) is 2.07. The molecule has 1 aromatic rings. The number of carbonyl (C=O) groups excluding carboxylic acids is 1. The standard InChI is InChI=1S/C13H16BrNOS/c14-12-8-6-11(17-12)7-9-13(16)15-10-4-2-1-3-5-10/h6-10H,1-5H2,(H,15,16). The molecule has 1 saturated carbocycles. The quantitative estimate of drug-likeness (QED) is 0.840. The van der Waals surface area contributed by atoms with Crippen LogP contribution in [0.2, 0.25) is 0 Å². The van der Waals surface area contributed by atoms with Crippen molar-refractivity contribution in [2.24, 2.45) is 0 Å². The highest BCUT2D eigenvalue weighted by atomic mass is 79.9. The zero-order valence-electron chi connectivity index (χ0n) is 9.62. The van der Waals surface area contributed by atoms with Gasteiger partial charge in [-0.25, -0.2) is 0 Å². The Kier molecular flexibility index (Phi) is 4.80. The first kappa shape index (κ1) is 12.8. The number of amides is 1. The highest BCUT2D eigenvalue weighted by Crippen LogP contribution is 2.23. The Labute approximate surface area is 114 Å². The molecule has 4 heteroatoms. The molecule has 1 fully saturated rings. The normalized spacial score (nSPS) is 17.5. The minimum Gasteiger partial charge on any atom is -0.350 e. The zero-order valence-corrected chi connectivity index (χ0v) is 12.0. The predicted octanol–water partition coefficient (Wildman–Crippen LogP) is 3.97. The van der Waals surface area contributed by atoms with E-state index in [0.717, 1.165) is 21.5 Å². The first-order chi connectivity index (χ1) is 8.24. The van der Waals surface area contributed by atoms with Gasteiger partial charge in [-0.2, -0.15) is 0 Å². The summed E-state index contributed by atoms with van der Waals surface area (Å²) in [4.78, 5) is 12.8. The van der Waals surface area contributed by atoms with Crippen molar-refractivity contribution in [1.82, 2.24) is 5.32 Å². The van der Waals surface area contributed by atoms with Crippen LogP contribution >= 0.6 is 27.3 Å². The van der Waals surface area contributed by atoms with E-state index < -0.39 is 0 Å². The van der Waals surface area contributed by atoms with Crippen LogP contribution in [0.25, 0.3) is 6.08 Å². The lowest BCUT2D eigenvalue weighted by molar-refractivity contribution is -0.117. The summed E-state index contributed by atoms with van der Waals surface area (Å²) in [6, 6.07) is 4.37. The van der Waals surface area contributed by atoms with Crippen molar-refractivity contribution in [2.75, 3.05) is 0 Å². The molecule has 1 N–H and O–H groups in total. The van der Waals surface area contributed by atoms with Crippen molar-refractivity contribution in [3.63, 3.8) is 0 Å². The van der Waals surface area contributed by atoms with Crippen LogP contribution in [0.4, 0.5) is 0 Å². The van der Waals surface area contributed by atoms with Gasteiger partial charge in [-0.3, -0.25) is 4.79 Å². The molecule has 0 spiro atoms. The highest BCUT2D eigenvalue weighted by Gasteiger charge is 2.13. The van der Waals surface area contributed by atoms with Crippen molar-refractivity contribution in [1.29, 1.82) is 0 Å². The van der Waals surface area contributed by atoms with Crippen molar-refractivity contribution >= 4 is 39.2 Å². The number of thiophene rings is 1. The SMILES string of the molecule is O=C(C=Cc1ccc(Br)s1)NC1CCCCC1. The second-order valence-corrected chi connectivity index (χ2v) is 6.81. The number of hydrogen-bond acceptors (Lipinski definition) is 2. The van der Waals surface area contributed by atoms with E-state index in [4.69, 9.17) is 0 Å². The minimum atomic E-state index is 0.0291. The minimum absolute atomic E-state index is 0.0291. The maximum atomic E-state index is 11.7. The molecule has 92 valence electrons. The van der Waals surface area contributed by atoms with Gasteiger partial charge in [0.1, 0.15) is 0 Å². The Morgan fingerprint density at radius 1 is 1.35 bits per heavy atom. The summed E-state index contributed by atoms with van der Waals surface area (Å²) in [7, 11) is 0. The average molecular weight is 314 g/mol. The van der Waals surface area contributed by atoms with Gasteiger partial charge in [0.25, 0.3) is 0 Å². The Hall–Kier alpha value is -0.610. The van der Waals surface area contributed by atoms with Crippen LogP contribution < -0.4 is 5.32 Å². The number of halogens is 1. The molecule has 0 aromatic carbocycles. The van der Waals surface area contributed by atoms with Crippen LogP contribution in [0.1, 0.15) is 37.0 Å². The van der Waals surface area contributed by atoms with Gasteiger partial charge in [-0.05, 0) is 47.0 Å². The molecule has 1 heterocycles. The third-order valence-electron chi connectivity index (χ3n) is 2.94. The molecule has 1 amide bonds. The van der Waals surface area contributed by atoms with Crippen LogP contribution in [0, 0.1) is 0 Å². The van der Waals surface area contributed by atoms with Gasteiger partial charge in [0, 0.05) is 17.0 Å². The molecule has 1 aliphatic rings. The van der Waals surface area contributed by atoms with E-state index in [1.54, 1.807) is 17.4 Å². The van der Waals surface area contributed by atoms with E-state index in [9.17, 15) is 4.79 Å². The molecule has 0 atom stereocenters. The van der Waals surface area contributed by atoms with Crippen LogP contribution in [-0.4, -0.2) is 11.9 Å². The lowest BCUT2D eigenvalue weighted by atomic mass is 9.95. The molecule has 0 unspecified atom stereocenters. The summed E-state index contributed by atoms with van der Waals surface area (Å²) in [6.45, 7) is 0. The molecule has 2 rings (SSSR count). The molecular formula is C13H16BrNOS. The fourth-order valence-corrected chi connectivity index (χ4v) is 3.40. The second-order valence-electron chi connectivity index (χ2n) is 4.32. The highest BCUT2D eigenvalue weighted by molar-refractivity contribution is 9.11. The Morgan fingerprint density at radius 2 is 2.12 bits per heavy atom. The fraction of sp³-hybridized carbons (Fsp3) is 0.462. The Balaban J connectivity index is 1.82. The van der Waals surface area contributed by atoms with Crippen molar-refractivity contribution in [3.05, 3.63) is 26.9 Å². The maximum Gasteiger partial charge on any atom is 0.244 e.